The van der Waals surface area contributed by atoms with Crippen molar-refractivity contribution in [1.82, 2.24) is 5.32 Å². The molecule has 3 nitrogen and oxygen atoms in total. The predicted molar refractivity (Wildman–Crippen MR) is 79.8 cm³/mol. The van der Waals surface area contributed by atoms with Gasteiger partial charge in [0.25, 0.3) is 5.91 Å². The van der Waals surface area contributed by atoms with Crippen molar-refractivity contribution in [2.75, 3.05) is 0 Å². The molecule has 1 atom stereocenters. The van der Waals surface area contributed by atoms with E-state index >= 15 is 0 Å². The summed E-state index contributed by atoms with van der Waals surface area (Å²) in [5.74, 6) is -0.172. The Labute approximate surface area is 127 Å². The zero-order valence-electron chi connectivity index (χ0n) is 11.5. The topological polar surface area (TPSA) is 38.3 Å². The quantitative estimate of drug-likeness (QED) is 0.917. The van der Waals surface area contributed by atoms with Crippen LogP contribution in [-0.2, 0) is 11.3 Å². The molecule has 2 aromatic carbocycles. The van der Waals surface area contributed by atoms with Gasteiger partial charge in [0.15, 0.2) is 6.10 Å². The van der Waals surface area contributed by atoms with Crippen molar-refractivity contribution in [1.29, 1.82) is 0 Å². The summed E-state index contributed by atoms with van der Waals surface area (Å²) in [7, 11) is 0. The summed E-state index contributed by atoms with van der Waals surface area (Å²) in [6, 6.07) is 12.8. The molecule has 0 radical (unpaired) electrons. The zero-order valence-corrected chi connectivity index (χ0v) is 12.2. The molecule has 0 fully saturated rings. The van der Waals surface area contributed by atoms with E-state index in [1.54, 1.807) is 13.0 Å². The number of carbonyl (C=O) groups excluding carboxylic acids is 1. The molecule has 0 aliphatic rings. The summed E-state index contributed by atoms with van der Waals surface area (Å²) < 4.78 is 18.2. The molecule has 0 unspecified atom stereocenters. The zero-order chi connectivity index (χ0) is 15.2. The maximum Gasteiger partial charge on any atom is 0.261 e. The van der Waals surface area contributed by atoms with Crippen LogP contribution in [0, 0.1) is 5.82 Å². The van der Waals surface area contributed by atoms with Gasteiger partial charge in [-0.15, -0.1) is 0 Å². The first-order valence-corrected chi connectivity index (χ1v) is 6.87. The fraction of sp³-hybridized carbons (Fsp3) is 0.188. The Bertz CT molecular complexity index is 616. The van der Waals surface area contributed by atoms with Crippen molar-refractivity contribution in [3.8, 4) is 5.75 Å². The van der Waals surface area contributed by atoms with Gasteiger partial charge in [-0.25, -0.2) is 4.39 Å². The minimum absolute atomic E-state index is 0.265. The van der Waals surface area contributed by atoms with Crippen LogP contribution in [0.5, 0.6) is 5.75 Å². The van der Waals surface area contributed by atoms with Crippen molar-refractivity contribution in [3.63, 3.8) is 0 Å². The van der Waals surface area contributed by atoms with E-state index in [4.69, 9.17) is 16.3 Å². The smallest absolute Gasteiger partial charge is 0.261 e. The molecule has 21 heavy (non-hydrogen) atoms. The van der Waals surface area contributed by atoms with Crippen LogP contribution in [0.25, 0.3) is 0 Å². The first-order valence-electron chi connectivity index (χ1n) is 6.49. The van der Waals surface area contributed by atoms with Crippen molar-refractivity contribution >= 4 is 17.5 Å². The second-order valence-electron chi connectivity index (χ2n) is 4.52. The Morgan fingerprint density at radius 3 is 2.57 bits per heavy atom. The second kappa shape index (κ2) is 7.09. The van der Waals surface area contributed by atoms with Crippen LogP contribution in [0.4, 0.5) is 4.39 Å². The van der Waals surface area contributed by atoms with Crippen LogP contribution in [0.15, 0.2) is 48.5 Å². The molecule has 0 aliphatic heterocycles. The summed E-state index contributed by atoms with van der Waals surface area (Å²) in [6.07, 6.45) is -0.682. The van der Waals surface area contributed by atoms with Crippen molar-refractivity contribution in [2.24, 2.45) is 0 Å². The SMILES string of the molecule is C[C@@H](Oc1ccc(F)cc1)C(=O)NCc1ccccc1Cl. The molecule has 5 heteroatoms. The van der Waals surface area contributed by atoms with E-state index in [2.05, 4.69) is 5.32 Å². The van der Waals surface area contributed by atoms with Crippen LogP contribution < -0.4 is 10.1 Å². The van der Waals surface area contributed by atoms with Crippen LogP contribution in [0.2, 0.25) is 5.02 Å². The molecule has 0 aliphatic carbocycles. The number of ether oxygens (including phenoxy) is 1. The number of carbonyl (C=O) groups is 1. The minimum Gasteiger partial charge on any atom is -0.481 e. The van der Waals surface area contributed by atoms with E-state index < -0.39 is 6.10 Å². The van der Waals surface area contributed by atoms with Gasteiger partial charge in [0.1, 0.15) is 11.6 Å². The Kier molecular flexibility index (Phi) is 5.17. The third-order valence-electron chi connectivity index (χ3n) is 2.91. The van der Waals surface area contributed by atoms with Crippen molar-refractivity contribution < 1.29 is 13.9 Å². The summed E-state index contributed by atoms with van der Waals surface area (Å²) >= 11 is 6.01. The number of benzene rings is 2. The van der Waals surface area contributed by atoms with Crippen molar-refractivity contribution in [3.05, 3.63) is 64.9 Å². The summed E-state index contributed by atoms with van der Waals surface area (Å²) in [5, 5.41) is 3.35. The third-order valence-corrected chi connectivity index (χ3v) is 3.28. The molecule has 0 spiro atoms. The number of hydrogen-bond donors (Lipinski definition) is 1. The summed E-state index contributed by atoms with van der Waals surface area (Å²) in [4.78, 5) is 11.9. The normalized spacial score (nSPS) is 11.8. The van der Waals surface area contributed by atoms with E-state index in [-0.39, 0.29) is 11.7 Å². The number of nitrogens with one attached hydrogen (secondary N) is 1. The standard InChI is InChI=1S/C16H15ClFNO2/c1-11(21-14-8-6-13(18)7-9-14)16(20)19-10-12-4-2-3-5-15(12)17/h2-9,11H,10H2,1H3,(H,19,20)/t11-/m1/s1. The van der Waals surface area contributed by atoms with E-state index in [0.29, 0.717) is 17.3 Å². The van der Waals surface area contributed by atoms with Crippen molar-refractivity contribution in [2.45, 2.75) is 19.6 Å². The van der Waals surface area contributed by atoms with Crippen LogP contribution in [0.1, 0.15) is 12.5 Å². The van der Waals surface area contributed by atoms with Crippen LogP contribution >= 0.6 is 11.6 Å². The number of halogens is 2. The predicted octanol–water partition coefficient (Wildman–Crippen LogP) is 3.56. The Morgan fingerprint density at radius 1 is 1.24 bits per heavy atom. The van der Waals surface area contributed by atoms with E-state index in [1.165, 1.54) is 24.3 Å². The number of hydrogen-bond acceptors (Lipinski definition) is 2. The third kappa shape index (κ3) is 4.46. The second-order valence-corrected chi connectivity index (χ2v) is 4.93. The van der Waals surface area contributed by atoms with Crippen LogP contribution in [-0.4, -0.2) is 12.0 Å². The molecule has 0 heterocycles. The lowest BCUT2D eigenvalue weighted by molar-refractivity contribution is -0.127. The summed E-state index contributed by atoms with van der Waals surface area (Å²) in [6.45, 7) is 1.96. The van der Waals surface area contributed by atoms with Gasteiger partial charge in [0.05, 0.1) is 0 Å². The summed E-state index contributed by atoms with van der Waals surface area (Å²) in [5.41, 5.74) is 0.835. The Morgan fingerprint density at radius 2 is 1.90 bits per heavy atom. The number of rotatable bonds is 5. The fourth-order valence-electron chi connectivity index (χ4n) is 1.74. The number of amides is 1. The molecule has 0 bridgehead atoms. The van der Waals surface area contributed by atoms with Gasteiger partial charge in [-0.1, -0.05) is 29.8 Å². The van der Waals surface area contributed by atoms with Gasteiger partial charge in [0, 0.05) is 11.6 Å². The average molecular weight is 308 g/mol. The van der Waals surface area contributed by atoms with E-state index in [0.717, 1.165) is 5.56 Å². The van der Waals surface area contributed by atoms with E-state index in [9.17, 15) is 9.18 Å². The molecule has 0 aromatic heterocycles. The van der Waals surface area contributed by atoms with Gasteiger partial charge < -0.3 is 10.1 Å². The first kappa shape index (κ1) is 15.3. The van der Waals surface area contributed by atoms with E-state index in [1.807, 2.05) is 18.2 Å². The highest BCUT2D eigenvalue weighted by Crippen LogP contribution is 2.15. The van der Waals surface area contributed by atoms with Gasteiger partial charge in [-0.05, 0) is 42.8 Å². The molecular weight excluding hydrogens is 293 g/mol. The molecule has 1 amide bonds. The molecule has 110 valence electrons. The highest BCUT2D eigenvalue weighted by molar-refractivity contribution is 6.31. The molecule has 0 saturated carbocycles. The highest BCUT2D eigenvalue weighted by atomic mass is 35.5. The Hall–Kier alpha value is -2.07. The molecular formula is C16H15ClFNO2. The molecule has 2 aromatic rings. The maximum atomic E-state index is 12.8. The van der Waals surface area contributed by atoms with Crippen LogP contribution in [0.3, 0.4) is 0 Å². The molecule has 0 saturated heterocycles. The molecule has 1 N–H and O–H groups in total. The Balaban J connectivity index is 1.88. The lowest BCUT2D eigenvalue weighted by Crippen LogP contribution is -2.35. The lowest BCUT2D eigenvalue weighted by Gasteiger charge is -2.15. The van der Waals surface area contributed by atoms with Gasteiger partial charge in [-0.3, -0.25) is 4.79 Å². The highest BCUT2D eigenvalue weighted by Gasteiger charge is 2.14. The minimum atomic E-state index is -0.682. The lowest BCUT2D eigenvalue weighted by atomic mass is 10.2. The monoisotopic (exact) mass is 307 g/mol. The van der Waals surface area contributed by atoms with Gasteiger partial charge in [0.2, 0.25) is 0 Å². The average Bonchev–Trinajstić information content (AvgIpc) is 2.48. The van der Waals surface area contributed by atoms with Gasteiger partial charge in [-0.2, -0.15) is 0 Å². The maximum absolute atomic E-state index is 12.8. The fourth-order valence-corrected chi connectivity index (χ4v) is 1.94. The van der Waals surface area contributed by atoms with Gasteiger partial charge >= 0.3 is 0 Å². The molecule has 2 rings (SSSR count). The largest absolute Gasteiger partial charge is 0.481 e. The first-order chi connectivity index (χ1) is 10.1.